The number of hydrogen-bond acceptors (Lipinski definition) is 3. The van der Waals surface area contributed by atoms with Gasteiger partial charge in [-0.2, -0.15) is 5.26 Å². The van der Waals surface area contributed by atoms with E-state index in [0.717, 1.165) is 50.2 Å². The Morgan fingerprint density at radius 2 is 1.91 bits per heavy atom. The molecular formula is C29H35N3. The molecule has 3 nitrogen and oxygen atoms in total. The molecule has 1 fully saturated rings. The van der Waals surface area contributed by atoms with Crippen LogP contribution in [-0.4, -0.2) is 23.2 Å². The summed E-state index contributed by atoms with van der Waals surface area (Å²) in [7, 11) is 0. The molecule has 0 spiro atoms. The summed E-state index contributed by atoms with van der Waals surface area (Å²) >= 11 is 0. The molecular weight excluding hydrogens is 390 g/mol. The van der Waals surface area contributed by atoms with E-state index in [0.29, 0.717) is 12.5 Å². The van der Waals surface area contributed by atoms with Crippen molar-refractivity contribution in [3.05, 3.63) is 83.1 Å². The van der Waals surface area contributed by atoms with Crippen LogP contribution in [0.4, 0.5) is 0 Å². The largest absolute Gasteiger partial charge is 0.295 e. The van der Waals surface area contributed by atoms with Gasteiger partial charge in [-0.25, -0.2) is 0 Å². The van der Waals surface area contributed by atoms with Crippen LogP contribution in [0.1, 0.15) is 61.3 Å². The number of aliphatic imine (C=N–C) groups is 1. The fourth-order valence-electron chi connectivity index (χ4n) is 4.19. The van der Waals surface area contributed by atoms with Crippen LogP contribution in [0.2, 0.25) is 0 Å². The summed E-state index contributed by atoms with van der Waals surface area (Å²) < 4.78 is 0. The zero-order chi connectivity index (χ0) is 23.3. The van der Waals surface area contributed by atoms with Crippen molar-refractivity contribution in [1.29, 1.82) is 5.26 Å². The molecule has 32 heavy (non-hydrogen) atoms. The molecule has 0 aromatic heterocycles. The van der Waals surface area contributed by atoms with Crippen molar-refractivity contribution in [3.8, 4) is 18.9 Å². The summed E-state index contributed by atoms with van der Waals surface area (Å²) in [5.41, 5.74) is 7.15. The molecule has 3 rings (SSSR count). The first-order valence-corrected chi connectivity index (χ1v) is 11.4. The summed E-state index contributed by atoms with van der Waals surface area (Å²) in [6.45, 7) is 10.5. The molecule has 2 aromatic rings. The molecule has 0 amide bonds. The Hall–Kier alpha value is -3.14. The van der Waals surface area contributed by atoms with Gasteiger partial charge in [0.25, 0.3) is 0 Å². The van der Waals surface area contributed by atoms with E-state index in [2.05, 4.69) is 92.8 Å². The number of hydrogen-bond donors (Lipinski definition) is 0. The van der Waals surface area contributed by atoms with Gasteiger partial charge in [-0.1, -0.05) is 67.6 Å². The first-order chi connectivity index (χ1) is 15.6. The topological polar surface area (TPSA) is 39.4 Å². The SMILES string of the molecule is C#C.C=C(CCc1cccc(CN2CCCC2CC#N)c1)N=C(CC)c1ccc(C)cc1. The predicted molar refractivity (Wildman–Crippen MR) is 135 cm³/mol. The van der Waals surface area contributed by atoms with Gasteiger partial charge in [-0.3, -0.25) is 9.89 Å². The van der Waals surface area contributed by atoms with Crippen molar-refractivity contribution < 1.29 is 0 Å². The van der Waals surface area contributed by atoms with Crippen LogP contribution in [0.15, 0.2) is 65.8 Å². The minimum absolute atomic E-state index is 0.419. The Kier molecular flexibility index (Phi) is 10.5. The molecule has 0 bridgehead atoms. The highest BCUT2D eigenvalue weighted by Gasteiger charge is 2.23. The van der Waals surface area contributed by atoms with E-state index < -0.39 is 0 Å². The lowest BCUT2D eigenvalue weighted by Gasteiger charge is -2.22. The van der Waals surface area contributed by atoms with Gasteiger partial charge in [0.2, 0.25) is 0 Å². The average molecular weight is 426 g/mol. The van der Waals surface area contributed by atoms with E-state index in [-0.39, 0.29) is 0 Å². The highest BCUT2D eigenvalue weighted by molar-refractivity contribution is 6.01. The first-order valence-electron chi connectivity index (χ1n) is 11.4. The molecule has 0 aliphatic carbocycles. The van der Waals surface area contributed by atoms with Crippen molar-refractivity contribution >= 4 is 5.71 Å². The molecule has 1 atom stereocenters. The van der Waals surface area contributed by atoms with Crippen LogP contribution < -0.4 is 0 Å². The number of likely N-dealkylation sites (tertiary alicyclic amines) is 1. The minimum atomic E-state index is 0.419. The molecule has 0 radical (unpaired) electrons. The van der Waals surface area contributed by atoms with Crippen LogP contribution in [0.3, 0.4) is 0 Å². The fourth-order valence-corrected chi connectivity index (χ4v) is 4.19. The number of aryl methyl sites for hydroxylation is 2. The number of nitrogens with zero attached hydrogens (tertiary/aromatic N) is 3. The molecule has 3 heteroatoms. The van der Waals surface area contributed by atoms with Gasteiger partial charge in [0, 0.05) is 24.0 Å². The maximum Gasteiger partial charge on any atom is 0.0638 e. The summed E-state index contributed by atoms with van der Waals surface area (Å²) in [6, 6.07) is 20.2. The van der Waals surface area contributed by atoms with Crippen LogP contribution in [0.5, 0.6) is 0 Å². The fraction of sp³-hybridized carbons (Fsp3) is 0.379. The van der Waals surface area contributed by atoms with Gasteiger partial charge in [0.1, 0.15) is 0 Å². The van der Waals surface area contributed by atoms with Crippen molar-refractivity contribution in [2.24, 2.45) is 4.99 Å². The lowest BCUT2D eigenvalue weighted by molar-refractivity contribution is 0.248. The van der Waals surface area contributed by atoms with E-state index in [1.54, 1.807) is 0 Å². The van der Waals surface area contributed by atoms with Crippen molar-refractivity contribution in [2.75, 3.05) is 6.54 Å². The lowest BCUT2D eigenvalue weighted by Crippen LogP contribution is -2.28. The third-order valence-electron chi connectivity index (χ3n) is 5.92. The van der Waals surface area contributed by atoms with E-state index in [9.17, 15) is 0 Å². The Morgan fingerprint density at radius 3 is 2.59 bits per heavy atom. The Balaban J connectivity index is 0.00000176. The Labute approximate surface area is 194 Å². The summed E-state index contributed by atoms with van der Waals surface area (Å²) in [5.74, 6) is 0. The maximum atomic E-state index is 9.05. The van der Waals surface area contributed by atoms with E-state index in [4.69, 9.17) is 10.3 Å². The smallest absolute Gasteiger partial charge is 0.0638 e. The quantitative estimate of drug-likeness (QED) is 0.341. The molecule has 2 aromatic carbocycles. The van der Waals surface area contributed by atoms with Crippen molar-refractivity contribution in [3.63, 3.8) is 0 Å². The zero-order valence-electron chi connectivity index (χ0n) is 19.6. The second-order valence-electron chi connectivity index (χ2n) is 8.29. The van der Waals surface area contributed by atoms with E-state index in [1.807, 2.05) is 0 Å². The summed E-state index contributed by atoms with van der Waals surface area (Å²) in [5, 5.41) is 9.05. The minimum Gasteiger partial charge on any atom is -0.295 e. The second kappa shape index (κ2) is 13.3. The monoisotopic (exact) mass is 425 g/mol. The van der Waals surface area contributed by atoms with Gasteiger partial charge < -0.3 is 0 Å². The average Bonchev–Trinajstić information content (AvgIpc) is 3.25. The molecule has 0 N–H and O–H groups in total. The number of benzene rings is 2. The molecule has 1 unspecified atom stereocenters. The predicted octanol–water partition coefficient (Wildman–Crippen LogP) is 6.47. The standard InChI is InChI=1S/C27H33N3.C2H2/c1-4-27(25-14-10-21(2)11-15-25)29-22(3)12-13-23-7-5-8-24(19-23)20-30-18-6-9-26(30)16-17-28;1-2/h5,7-8,10-11,14-15,19,26H,3-4,6,9,12-13,16,18,20H2,1-2H3;1-2H. The maximum absolute atomic E-state index is 9.05. The van der Waals surface area contributed by atoms with Gasteiger partial charge in [0.05, 0.1) is 12.5 Å². The third-order valence-corrected chi connectivity index (χ3v) is 5.92. The summed E-state index contributed by atoms with van der Waals surface area (Å²) in [6.07, 6.45) is 13.7. The second-order valence-corrected chi connectivity index (χ2v) is 8.29. The van der Waals surface area contributed by atoms with E-state index >= 15 is 0 Å². The highest BCUT2D eigenvalue weighted by atomic mass is 15.2. The first kappa shape index (κ1) is 25.1. The van der Waals surface area contributed by atoms with Gasteiger partial charge in [-0.15, -0.1) is 12.8 Å². The molecule has 1 saturated heterocycles. The molecule has 166 valence electrons. The number of rotatable bonds is 9. The molecule has 0 saturated carbocycles. The van der Waals surface area contributed by atoms with Crippen LogP contribution >= 0.6 is 0 Å². The lowest BCUT2D eigenvalue weighted by atomic mass is 10.0. The summed E-state index contributed by atoms with van der Waals surface area (Å²) in [4.78, 5) is 7.29. The van der Waals surface area contributed by atoms with Crippen molar-refractivity contribution in [1.82, 2.24) is 4.90 Å². The number of terminal acetylenes is 1. The number of allylic oxidation sites excluding steroid dienone is 1. The highest BCUT2D eigenvalue weighted by Crippen LogP contribution is 2.23. The molecule has 1 aliphatic rings. The van der Waals surface area contributed by atoms with Crippen molar-refractivity contribution in [2.45, 2.75) is 65.0 Å². The van der Waals surface area contributed by atoms with Gasteiger partial charge in [0.15, 0.2) is 0 Å². The Morgan fingerprint density at radius 1 is 1.19 bits per heavy atom. The van der Waals surface area contributed by atoms with Crippen LogP contribution in [-0.2, 0) is 13.0 Å². The van der Waals surface area contributed by atoms with E-state index in [1.165, 1.54) is 28.7 Å². The zero-order valence-corrected chi connectivity index (χ0v) is 19.6. The number of nitriles is 1. The third kappa shape index (κ3) is 7.52. The molecule has 1 aliphatic heterocycles. The van der Waals surface area contributed by atoms with Crippen LogP contribution in [0, 0.1) is 31.1 Å². The molecule has 1 heterocycles. The van der Waals surface area contributed by atoms with Crippen LogP contribution in [0.25, 0.3) is 0 Å². The normalized spacial score (nSPS) is 16.1. The van der Waals surface area contributed by atoms with Gasteiger partial charge in [-0.05, 0) is 62.3 Å². The van der Waals surface area contributed by atoms with Gasteiger partial charge >= 0.3 is 0 Å². The Bertz CT molecular complexity index is 960.